The number of carbonyl (C=O) groups excluding carboxylic acids is 1. The van der Waals surface area contributed by atoms with E-state index in [1.165, 1.54) is 0 Å². The minimum atomic E-state index is -0.350. The second-order valence-corrected chi connectivity index (χ2v) is 6.15. The number of aromatic nitrogens is 1. The first-order valence-electron chi connectivity index (χ1n) is 7.66. The van der Waals surface area contributed by atoms with Crippen molar-refractivity contribution in [1.82, 2.24) is 9.88 Å². The first-order valence-corrected chi connectivity index (χ1v) is 7.66. The molecule has 4 heteroatoms. The summed E-state index contributed by atoms with van der Waals surface area (Å²) in [4.78, 5) is 18.0. The maximum atomic E-state index is 12.9. The lowest BCUT2D eigenvalue weighted by Gasteiger charge is -2.37. The number of aliphatic hydroxyl groups excluding tert-OH is 1. The molecule has 2 heterocycles. The number of amides is 1. The maximum absolute atomic E-state index is 12.9. The first-order chi connectivity index (χ1) is 9.55. The number of likely N-dealkylation sites (tertiary alicyclic amines) is 1. The van der Waals surface area contributed by atoms with Crippen LogP contribution in [0.25, 0.3) is 0 Å². The Hall–Kier alpha value is -1.29. The Bertz CT molecular complexity index is 467. The predicted octanol–water partition coefficient (Wildman–Crippen LogP) is 2.91. The summed E-state index contributed by atoms with van der Waals surface area (Å²) in [6, 6.07) is 1.87. The van der Waals surface area contributed by atoms with E-state index in [9.17, 15) is 9.90 Å². The van der Waals surface area contributed by atoms with Gasteiger partial charge in [-0.2, -0.15) is 0 Å². The van der Waals surface area contributed by atoms with Gasteiger partial charge in [0, 0.05) is 18.4 Å². The van der Waals surface area contributed by atoms with Gasteiger partial charge in [-0.15, -0.1) is 0 Å². The third kappa shape index (κ3) is 2.49. The molecule has 1 aliphatic heterocycles. The molecule has 1 saturated heterocycles. The van der Waals surface area contributed by atoms with Gasteiger partial charge in [0.1, 0.15) is 0 Å². The van der Waals surface area contributed by atoms with Gasteiger partial charge in [-0.25, -0.2) is 0 Å². The van der Waals surface area contributed by atoms with E-state index in [4.69, 9.17) is 0 Å². The zero-order valence-electron chi connectivity index (χ0n) is 12.8. The third-order valence-electron chi connectivity index (χ3n) is 4.44. The molecule has 0 spiro atoms. The predicted molar refractivity (Wildman–Crippen MR) is 79.9 cm³/mol. The normalized spacial score (nSPS) is 22.8. The fraction of sp³-hybridized carbons (Fsp3) is 0.688. The Kier molecular flexibility index (Phi) is 4.53. The third-order valence-corrected chi connectivity index (χ3v) is 4.44. The van der Waals surface area contributed by atoms with Gasteiger partial charge in [0.05, 0.1) is 17.7 Å². The summed E-state index contributed by atoms with van der Waals surface area (Å²) >= 11 is 0. The molecule has 1 fully saturated rings. The second-order valence-electron chi connectivity index (χ2n) is 6.15. The lowest BCUT2D eigenvalue weighted by Crippen LogP contribution is -2.50. The standard InChI is InChI=1S/C16H26N2O2/c1-4-7-16(11-19)8-5-10-18(16)15(20)13-6-9-17-14(13)12(2)3/h6,9,12,17,19H,4-5,7-8,10-11H2,1-3H3. The first kappa shape index (κ1) is 15.1. The largest absolute Gasteiger partial charge is 0.394 e. The quantitative estimate of drug-likeness (QED) is 0.870. The molecular formula is C16H26N2O2. The molecule has 2 rings (SSSR count). The van der Waals surface area contributed by atoms with Crippen molar-refractivity contribution in [3.05, 3.63) is 23.5 Å². The Labute approximate surface area is 121 Å². The Morgan fingerprint density at radius 1 is 1.55 bits per heavy atom. The van der Waals surface area contributed by atoms with E-state index < -0.39 is 0 Å². The highest BCUT2D eigenvalue weighted by Crippen LogP contribution is 2.35. The molecule has 0 bridgehead atoms. The van der Waals surface area contributed by atoms with Crippen LogP contribution < -0.4 is 0 Å². The van der Waals surface area contributed by atoms with Crippen LogP contribution in [0.5, 0.6) is 0 Å². The number of nitrogens with one attached hydrogen (secondary N) is 1. The van der Waals surface area contributed by atoms with Crippen molar-refractivity contribution in [3.8, 4) is 0 Å². The van der Waals surface area contributed by atoms with E-state index in [0.29, 0.717) is 5.92 Å². The molecule has 20 heavy (non-hydrogen) atoms. The van der Waals surface area contributed by atoms with Crippen molar-refractivity contribution in [1.29, 1.82) is 0 Å². The van der Waals surface area contributed by atoms with Crippen LogP contribution in [0.1, 0.15) is 68.4 Å². The van der Waals surface area contributed by atoms with E-state index in [2.05, 4.69) is 25.8 Å². The van der Waals surface area contributed by atoms with Crippen LogP contribution in [0.2, 0.25) is 0 Å². The van der Waals surface area contributed by atoms with Crippen molar-refractivity contribution in [2.75, 3.05) is 13.2 Å². The van der Waals surface area contributed by atoms with Crippen molar-refractivity contribution in [2.45, 2.75) is 57.9 Å². The van der Waals surface area contributed by atoms with Crippen LogP contribution in [0.3, 0.4) is 0 Å². The second kappa shape index (κ2) is 6.00. The molecule has 2 N–H and O–H groups in total. The van der Waals surface area contributed by atoms with Crippen LogP contribution in [-0.4, -0.2) is 39.6 Å². The van der Waals surface area contributed by atoms with Gasteiger partial charge in [-0.3, -0.25) is 4.79 Å². The number of hydrogen-bond acceptors (Lipinski definition) is 2. The van der Waals surface area contributed by atoms with E-state index in [1.807, 2.05) is 17.2 Å². The molecule has 1 amide bonds. The lowest BCUT2D eigenvalue weighted by atomic mass is 9.91. The van der Waals surface area contributed by atoms with Crippen LogP contribution in [0.4, 0.5) is 0 Å². The maximum Gasteiger partial charge on any atom is 0.256 e. The molecule has 1 unspecified atom stereocenters. The molecule has 0 aromatic carbocycles. The Morgan fingerprint density at radius 2 is 2.30 bits per heavy atom. The number of rotatable bonds is 5. The minimum absolute atomic E-state index is 0.0635. The average Bonchev–Trinajstić information content (AvgIpc) is 3.05. The van der Waals surface area contributed by atoms with Gasteiger partial charge >= 0.3 is 0 Å². The summed E-state index contributed by atoms with van der Waals surface area (Å²) in [6.45, 7) is 7.08. The van der Waals surface area contributed by atoms with Crippen molar-refractivity contribution >= 4 is 5.91 Å². The number of aromatic amines is 1. The van der Waals surface area contributed by atoms with Gasteiger partial charge in [-0.05, 0) is 31.2 Å². The van der Waals surface area contributed by atoms with Gasteiger partial charge in [0.25, 0.3) is 5.91 Å². The van der Waals surface area contributed by atoms with Crippen LogP contribution in [-0.2, 0) is 0 Å². The molecule has 1 aromatic heterocycles. The summed E-state index contributed by atoms with van der Waals surface area (Å²) in [5.41, 5.74) is 1.40. The van der Waals surface area contributed by atoms with Crippen LogP contribution >= 0.6 is 0 Å². The van der Waals surface area contributed by atoms with E-state index in [1.54, 1.807) is 0 Å². The molecule has 0 radical (unpaired) electrons. The number of hydrogen-bond donors (Lipinski definition) is 2. The van der Waals surface area contributed by atoms with Crippen LogP contribution in [0, 0.1) is 0 Å². The number of carbonyl (C=O) groups is 1. The zero-order chi connectivity index (χ0) is 14.8. The Morgan fingerprint density at radius 3 is 2.90 bits per heavy atom. The molecule has 0 saturated carbocycles. The molecule has 1 aromatic rings. The smallest absolute Gasteiger partial charge is 0.256 e. The SMILES string of the molecule is CCCC1(CO)CCCN1C(=O)c1cc[nH]c1C(C)C. The summed E-state index contributed by atoms with van der Waals surface area (Å²) in [5.74, 6) is 0.358. The van der Waals surface area contributed by atoms with Gasteiger partial charge in [0.15, 0.2) is 0 Å². The van der Waals surface area contributed by atoms with Crippen molar-refractivity contribution < 1.29 is 9.90 Å². The Balaban J connectivity index is 2.29. The van der Waals surface area contributed by atoms with E-state index in [-0.39, 0.29) is 18.1 Å². The van der Waals surface area contributed by atoms with Crippen molar-refractivity contribution in [3.63, 3.8) is 0 Å². The molecule has 0 aliphatic carbocycles. The molecular weight excluding hydrogens is 252 g/mol. The summed E-state index contributed by atoms with van der Waals surface area (Å²) < 4.78 is 0. The number of aliphatic hydroxyl groups is 1. The molecule has 4 nitrogen and oxygen atoms in total. The van der Waals surface area contributed by atoms with Crippen molar-refractivity contribution in [2.24, 2.45) is 0 Å². The van der Waals surface area contributed by atoms with E-state index >= 15 is 0 Å². The topological polar surface area (TPSA) is 56.3 Å². The minimum Gasteiger partial charge on any atom is -0.394 e. The number of nitrogens with zero attached hydrogens (tertiary/aromatic N) is 1. The lowest BCUT2D eigenvalue weighted by molar-refractivity contribution is 0.0376. The summed E-state index contributed by atoms with van der Waals surface area (Å²) in [7, 11) is 0. The van der Waals surface area contributed by atoms with Gasteiger partial charge in [0.2, 0.25) is 0 Å². The van der Waals surface area contributed by atoms with Gasteiger partial charge in [-0.1, -0.05) is 27.2 Å². The highest BCUT2D eigenvalue weighted by atomic mass is 16.3. The highest BCUT2D eigenvalue weighted by molar-refractivity contribution is 5.96. The number of H-pyrrole nitrogens is 1. The monoisotopic (exact) mass is 278 g/mol. The van der Waals surface area contributed by atoms with Gasteiger partial charge < -0.3 is 15.0 Å². The highest BCUT2D eigenvalue weighted by Gasteiger charge is 2.43. The fourth-order valence-electron chi connectivity index (χ4n) is 3.42. The summed E-state index contributed by atoms with van der Waals surface area (Å²) in [5, 5.41) is 9.84. The van der Waals surface area contributed by atoms with E-state index in [0.717, 1.165) is 43.5 Å². The zero-order valence-corrected chi connectivity index (χ0v) is 12.8. The fourth-order valence-corrected chi connectivity index (χ4v) is 3.42. The average molecular weight is 278 g/mol. The molecule has 1 aliphatic rings. The molecule has 1 atom stereocenters. The molecule has 112 valence electrons. The summed E-state index contributed by atoms with van der Waals surface area (Å²) in [6.07, 6.45) is 5.57. The van der Waals surface area contributed by atoms with Crippen LogP contribution in [0.15, 0.2) is 12.3 Å².